The highest BCUT2D eigenvalue weighted by Gasteiger charge is 2.32. The van der Waals surface area contributed by atoms with Crippen LogP contribution in [0.25, 0.3) is 0 Å². The zero-order valence-corrected chi connectivity index (χ0v) is 18.5. The molecule has 168 valence electrons. The highest BCUT2D eigenvalue weighted by molar-refractivity contribution is 5.36. The van der Waals surface area contributed by atoms with Gasteiger partial charge in [-0.3, -0.25) is 0 Å². The molecule has 0 spiro atoms. The van der Waals surface area contributed by atoms with Crippen LogP contribution in [0.4, 0.5) is 13.2 Å². The number of alkyl halides is 3. The Balaban J connectivity index is 1.67. The molecular formula is C27H34F3N. The first kappa shape index (κ1) is 25.0. The van der Waals surface area contributed by atoms with Crippen molar-refractivity contribution in [3.05, 3.63) is 70.8 Å². The second kappa shape index (κ2) is 13.9. The predicted molar refractivity (Wildman–Crippen MR) is 123 cm³/mol. The van der Waals surface area contributed by atoms with Crippen molar-refractivity contribution in [3.63, 3.8) is 0 Å². The summed E-state index contributed by atoms with van der Waals surface area (Å²) in [5.74, 6) is 6.45. The molecule has 0 atom stereocenters. The minimum atomic E-state index is -4.33. The van der Waals surface area contributed by atoms with Crippen LogP contribution in [0.3, 0.4) is 0 Å². The van der Waals surface area contributed by atoms with E-state index in [4.69, 9.17) is 0 Å². The van der Waals surface area contributed by atoms with Crippen molar-refractivity contribution >= 4 is 0 Å². The van der Waals surface area contributed by atoms with Crippen LogP contribution in [0.5, 0.6) is 0 Å². The average molecular weight is 430 g/mol. The first-order valence-electron chi connectivity index (χ1n) is 11.4. The van der Waals surface area contributed by atoms with Crippen LogP contribution >= 0.6 is 0 Å². The van der Waals surface area contributed by atoms with E-state index in [2.05, 4.69) is 24.1 Å². The lowest BCUT2D eigenvalue weighted by atomic mass is 10.1. The number of hydrogen-bond donors (Lipinski definition) is 1. The summed E-state index contributed by atoms with van der Waals surface area (Å²) in [7, 11) is 0. The lowest BCUT2D eigenvalue weighted by Crippen LogP contribution is -2.17. The average Bonchev–Trinajstić information content (AvgIpc) is 2.76. The summed E-state index contributed by atoms with van der Waals surface area (Å²) in [5, 5.41) is 3.10. The maximum absolute atomic E-state index is 13.0. The first-order valence-corrected chi connectivity index (χ1v) is 11.4. The van der Waals surface area contributed by atoms with Gasteiger partial charge in [-0.1, -0.05) is 94.0 Å². The molecule has 0 saturated carbocycles. The van der Waals surface area contributed by atoms with Crippen molar-refractivity contribution in [1.29, 1.82) is 0 Å². The molecule has 0 aliphatic carbocycles. The van der Waals surface area contributed by atoms with Gasteiger partial charge in [-0.25, -0.2) is 0 Å². The van der Waals surface area contributed by atoms with Crippen LogP contribution in [0, 0.1) is 11.8 Å². The minimum Gasteiger partial charge on any atom is -0.309 e. The van der Waals surface area contributed by atoms with Crippen LogP contribution in [-0.2, 0) is 19.3 Å². The highest BCUT2D eigenvalue weighted by Crippen LogP contribution is 2.31. The molecule has 2 aromatic carbocycles. The van der Waals surface area contributed by atoms with Gasteiger partial charge < -0.3 is 5.32 Å². The molecule has 2 rings (SSSR count). The SMILES string of the molecule is CCCCCCCCCCC#Cc1ccc(CNCc2ccccc2C(F)(F)F)cc1. The number of hydrogen-bond acceptors (Lipinski definition) is 1. The van der Waals surface area contributed by atoms with Crippen molar-refractivity contribution in [1.82, 2.24) is 5.32 Å². The summed E-state index contributed by atoms with van der Waals surface area (Å²) in [5.41, 5.74) is 1.69. The van der Waals surface area contributed by atoms with Gasteiger partial charge in [0, 0.05) is 25.1 Å². The third-order valence-electron chi connectivity index (χ3n) is 5.31. The van der Waals surface area contributed by atoms with Gasteiger partial charge in [0.2, 0.25) is 0 Å². The summed E-state index contributed by atoms with van der Waals surface area (Å²) in [6.07, 6.45) is 7.02. The monoisotopic (exact) mass is 429 g/mol. The van der Waals surface area contributed by atoms with E-state index >= 15 is 0 Å². The Bertz CT molecular complexity index is 813. The molecule has 0 unspecified atom stereocenters. The van der Waals surface area contributed by atoms with E-state index in [9.17, 15) is 13.2 Å². The zero-order chi connectivity index (χ0) is 22.4. The van der Waals surface area contributed by atoms with Crippen molar-refractivity contribution in [2.45, 2.75) is 84.0 Å². The molecule has 0 saturated heterocycles. The predicted octanol–water partition coefficient (Wildman–Crippen LogP) is 7.88. The van der Waals surface area contributed by atoms with Crippen molar-refractivity contribution in [3.8, 4) is 11.8 Å². The number of halogens is 3. The second-order valence-electron chi connectivity index (χ2n) is 7.98. The third kappa shape index (κ3) is 10.1. The van der Waals surface area contributed by atoms with Crippen molar-refractivity contribution < 1.29 is 13.2 Å². The topological polar surface area (TPSA) is 12.0 Å². The summed E-state index contributed by atoms with van der Waals surface area (Å²) < 4.78 is 39.1. The molecule has 0 aliphatic heterocycles. The maximum Gasteiger partial charge on any atom is 0.416 e. The van der Waals surface area contributed by atoms with E-state index < -0.39 is 11.7 Å². The lowest BCUT2D eigenvalue weighted by Gasteiger charge is -2.13. The van der Waals surface area contributed by atoms with Crippen LogP contribution < -0.4 is 5.32 Å². The second-order valence-corrected chi connectivity index (χ2v) is 7.98. The summed E-state index contributed by atoms with van der Waals surface area (Å²) >= 11 is 0. The molecule has 0 aromatic heterocycles. The minimum absolute atomic E-state index is 0.176. The maximum atomic E-state index is 13.0. The molecule has 0 fully saturated rings. The number of rotatable bonds is 12. The van der Waals surface area contributed by atoms with Crippen LogP contribution in [0.2, 0.25) is 0 Å². The van der Waals surface area contributed by atoms with Gasteiger partial charge >= 0.3 is 6.18 Å². The molecule has 1 N–H and O–H groups in total. The van der Waals surface area contributed by atoms with E-state index in [0.29, 0.717) is 6.54 Å². The van der Waals surface area contributed by atoms with Gasteiger partial charge in [0.1, 0.15) is 0 Å². The molecular weight excluding hydrogens is 395 g/mol. The van der Waals surface area contributed by atoms with E-state index in [0.717, 1.165) is 30.0 Å². The normalized spacial score (nSPS) is 11.2. The number of nitrogens with one attached hydrogen (secondary N) is 1. The quantitative estimate of drug-likeness (QED) is 0.267. The van der Waals surface area contributed by atoms with Crippen LogP contribution in [0.15, 0.2) is 48.5 Å². The van der Waals surface area contributed by atoms with E-state index in [-0.39, 0.29) is 12.1 Å². The van der Waals surface area contributed by atoms with Crippen molar-refractivity contribution in [2.24, 2.45) is 0 Å². The molecule has 0 aliphatic rings. The van der Waals surface area contributed by atoms with Gasteiger partial charge in [-0.15, -0.1) is 0 Å². The van der Waals surface area contributed by atoms with Gasteiger partial charge in [-0.2, -0.15) is 13.2 Å². The van der Waals surface area contributed by atoms with Gasteiger partial charge in [-0.05, 0) is 35.7 Å². The highest BCUT2D eigenvalue weighted by atomic mass is 19.4. The molecule has 0 bridgehead atoms. The summed E-state index contributed by atoms with van der Waals surface area (Å²) in [6.45, 7) is 2.93. The van der Waals surface area contributed by atoms with E-state index in [1.54, 1.807) is 6.07 Å². The molecule has 0 radical (unpaired) electrons. The molecule has 1 nitrogen and oxygen atoms in total. The van der Waals surface area contributed by atoms with Gasteiger partial charge in [0.05, 0.1) is 5.56 Å². The zero-order valence-electron chi connectivity index (χ0n) is 18.5. The fraction of sp³-hybridized carbons (Fsp3) is 0.481. The number of unbranched alkanes of at least 4 members (excludes halogenated alkanes) is 8. The Kier molecular flexibility index (Phi) is 11.2. The van der Waals surface area contributed by atoms with Crippen molar-refractivity contribution in [2.75, 3.05) is 0 Å². The third-order valence-corrected chi connectivity index (χ3v) is 5.31. The van der Waals surface area contributed by atoms with Gasteiger partial charge in [0.15, 0.2) is 0 Å². The Morgan fingerprint density at radius 1 is 0.774 bits per heavy atom. The Labute approximate surface area is 185 Å². The molecule has 2 aromatic rings. The Morgan fingerprint density at radius 3 is 2.10 bits per heavy atom. The molecule has 31 heavy (non-hydrogen) atoms. The number of benzene rings is 2. The largest absolute Gasteiger partial charge is 0.416 e. The fourth-order valence-electron chi connectivity index (χ4n) is 3.51. The van der Waals surface area contributed by atoms with E-state index in [1.165, 1.54) is 57.1 Å². The first-order chi connectivity index (χ1) is 15.0. The van der Waals surface area contributed by atoms with Crippen LogP contribution in [-0.4, -0.2) is 0 Å². The van der Waals surface area contributed by atoms with Gasteiger partial charge in [0.25, 0.3) is 0 Å². The standard InChI is InChI=1S/C27H34F3N/c1-2-3-4-5-6-7-8-9-10-11-14-23-17-19-24(20-18-23)21-31-22-25-15-12-13-16-26(25)27(28,29)30/h12-13,15-20,31H,2-10,21-22H2,1H3. The fourth-order valence-corrected chi connectivity index (χ4v) is 3.51. The smallest absolute Gasteiger partial charge is 0.309 e. The lowest BCUT2D eigenvalue weighted by molar-refractivity contribution is -0.138. The summed E-state index contributed by atoms with van der Waals surface area (Å²) in [6, 6.07) is 13.6. The van der Waals surface area contributed by atoms with E-state index in [1.807, 2.05) is 24.3 Å². The Hall–Kier alpha value is -2.25. The molecule has 0 heterocycles. The Morgan fingerprint density at radius 2 is 1.42 bits per heavy atom. The summed E-state index contributed by atoms with van der Waals surface area (Å²) in [4.78, 5) is 0. The molecule has 4 heteroatoms. The molecule has 0 amide bonds. The van der Waals surface area contributed by atoms with Crippen LogP contribution in [0.1, 0.15) is 87.0 Å².